The van der Waals surface area contributed by atoms with Crippen LogP contribution in [-0.2, 0) is 16.4 Å². The quantitative estimate of drug-likeness (QED) is 0.633. The minimum atomic E-state index is -3.64. The summed E-state index contributed by atoms with van der Waals surface area (Å²) in [4.78, 5) is 0.122. The molecule has 0 N–H and O–H groups in total. The van der Waals surface area contributed by atoms with Gasteiger partial charge in [0, 0.05) is 25.4 Å². The Morgan fingerprint density at radius 1 is 1.07 bits per heavy atom. The van der Waals surface area contributed by atoms with E-state index in [1.54, 1.807) is 11.3 Å². The molecule has 1 fully saturated rings. The van der Waals surface area contributed by atoms with E-state index < -0.39 is 15.8 Å². The number of benzene rings is 2. The molecule has 0 bridgehead atoms. The van der Waals surface area contributed by atoms with Gasteiger partial charge in [-0.25, -0.2) is 12.8 Å². The first-order chi connectivity index (χ1) is 13.5. The van der Waals surface area contributed by atoms with Gasteiger partial charge in [0.05, 0.1) is 4.90 Å². The molecule has 3 aromatic rings. The van der Waals surface area contributed by atoms with Gasteiger partial charge in [-0.1, -0.05) is 30.3 Å². The number of aromatic nitrogens is 2. The molecule has 2 heterocycles. The molecule has 1 saturated heterocycles. The first-order valence-electron chi connectivity index (χ1n) is 9.14. The number of piperidine rings is 1. The second-order valence-electron chi connectivity index (χ2n) is 6.85. The molecular formula is C20H20FN3O2S2. The van der Waals surface area contributed by atoms with Crippen LogP contribution >= 0.6 is 11.3 Å². The van der Waals surface area contributed by atoms with Crippen LogP contribution in [0.1, 0.15) is 34.3 Å². The van der Waals surface area contributed by atoms with Crippen molar-refractivity contribution in [3.63, 3.8) is 0 Å². The van der Waals surface area contributed by atoms with Crippen LogP contribution in [0.4, 0.5) is 4.39 Å². The molecule has 0 saturated carbocycles. The zero-order valence-electron chi connectivity index (χ0n) is 15.2. The summed E-state index contributed by atoms with van der Waals surface area (Å²) in [5.74, 6) is -0.415. The number of sulfonamides is 1. The molecule has 0 unspecified atom stereocenters. The van der Waals surface area contributed by atoms with E-state index >= 15 is 0 Å². The van der Waals surface area contributed by atoms with Crippen molar-refractivity contribution >= 4 is 21.4 Å². The largest absolute Gasteiger partial charge is 0.243 e. The van der Waals surface area contributed by atoms with Crippen LogP contribution in [-0.4, -0.2) is 36.0 Å². The standard InChI is InChI=1S/C20H20FN3O2S2/c21-17-8-10-18(11-9-17)28(25,26)24-12-4-7-16(14-24)20-23-22-19(27-20)13-15-5-2-1-3-6-15/h1-3,5-6,8-11,16H,4,7,12-14H2/t16-/m1/s1. The van der Waals surface area contributed by atoms with Crippen molar-refractivity contribution in [1.82, 2.24) is 14.5 Å². The predicted octanol–water partition coefficient (Wildman–Crippen LogP) is 3.84. The predicted molar refractivity (Wildman–Crippen MR) is 106 cm³/mol. The third-order valence-corrected chi connectivity index (χ3v) is 7.83. The van der Waals surface area contributed by atoms with Crippen molar-refractivity contribution in [3.8, 4) is 0 Å². The highest BCUT2D eigenvalue weighted by Crippen LogP contribution is 2.32. The Kier molecular flexibility index (Phi) is 5.52. The lowest BCUT2D eigenvalue weighted by Crippen LogP contribution is -2.39. The van der Waals surface area contributed by atoms with Crippen molar-refractivity contribution in [2.75, 3.05) is 13.1 Å². The minimum absolute atomic E-state index is 0.0333. The molecule has 1 aliphatic rings. The van der Waals surface area contributed by atoms with Crippen LogP contribution in [0.5, 0.6) is 0 Å². The summed E-state index contributed by atoms with van der Waals surface area (Å²) in [7, 11) is -3.64. The fraction of sp³-hybridized carbons (Fsp3) is 0.300. The van der Waals surface area contributed by atoms with Crippen molar-refractivity contribution in [3.05, 3.63) is 76.0 Å². The number of nitrogens with zero attached hydrogens (tertiary/aromatic N) is 3. The smallest absolute Gasteiger partial charge is 0.207 e. The topological polar surface area (TPSA) is 63.2 Å². The SMILES string of the molecule is O=S(=O)(c1ccc(F)cc1)N1CCC[C@@H](c2nnc(Cc3ccccc3)s2)C1. The van der Waals surface area contributed by atoms with Crippen LogP contribution in [0.15, 0.2) is 59.5 Å². The second kappa shape index (κ2) is 8.06. The van der Waals surface area contributed by atoms with E-state index in [0.29, 0.717) is 13.1 Å². The van der Waals surface area contributed by atoms with E-state index in [0.717, 1.165) is 29.3 Å². The molecular weight excluding hydrogens is 397 g/mol. The van der Waals surface area contributed by atoms with Gasteiger partial charge in [0.2, 0.25) is 10.0 Å². The highest BCUT2D eigenvalue weighted by molar-refractivity contribution is 7.89. The van der Waals surface area contributed by atoms with Gasteiger partial charge in [-0.3, -0.25) is 0 Å². The summed E-state index contributed by atoms with van der Waals surface area (Å²) < 4.78 is 40.4. The van der Waals surface area contributed by atoms with Gasteiger partial charge in [0.25, 0.3) is 0 Å². The lowest BCUT2D eigenvalue weighted by atomic mass is 10.0. The van der Waals surface area contributed by atoms with E-state index in [1.807, 2.05) is 18.2 Å². The Morgan fingerprint density at radius 2 is 1.82 bits per heavy atom. The van der Waals surface area contributed by atoms with E-state index in [2.05, 4.69) is 22.3 Å². The van der Waals surface area contributed by atoms with E-state index in [4.69, 9.17) is 0 Å². The monoisotopic (exact) mass is 417 g/mol. The molecule has 4 rings (SSSR count). The van der Waals surface area contributed by atoms with Crippen LogP contribution < -0.4 is 0 Å². The van der Waals surface area contributed by atoms with Crippen molar-refractivity contribution in [2.24, 2.45) is 0 Å². The molecule has 2 aromatic carbocycles. The highest BCUT2D eigenvalue weighted by Gasteiger charge is 2.32. The summed E-state index contributed by atoms with van der Waals surface area (Å²) >= 11 is 1.55. The summed E-state index contributed by atoms with van der Waals surface area (Å²) in [6.07, 6.45) is 2.37. The molecule has 0 amide bonds. The van der Waals surface area contributed by atoms with Crippen molar-refractivity contribution in [2.45, 2.75) is 30.1 Å². The van der Waals surface area contributed by atoms with E-state index in [9.17, 15) is 12.8 Å². The molecule has 1 atom stereocenters. The number of halogens is 1. The average molecular weight is 418 g/mol. The van der Waals surface area contributed by atoms with Crippen LogP contribution in [0.3, 0.4) is 0 Å². The summed E-state index contributed by atoms with van der Waals surface area (Å²) in [5, 5.41) is 10.4. The lowest BCUT2D eigenvalue weighted by molar-refractivity contribution is 0.314. The van der Waals surface area contributed by atoms with Gasteiger partial charge in [0.15, 0.2) is 0 Å². The first-order valence-corrected chi connectivity index (χ1v) is 11.4. The average Bonchev–Trinajstić information content (AvgIpc) is 3.18. The maximum atomic E-state index is 13.1. The zero-order chi connectivity index (χ0) is 19.6. The zero-order valence-corrected chi connectivity index (χ0v) is 16.8. The summed E-state index contributed by atoms with van der Waals surface area (Å²) in [6, 6.07) is 15.1. The lowest BCUT2D eigenvalue weighted by Gasteiger charge is -2.30. The Bertz CT molecular complexity index is 1040. The Hall–Kier alpha value is -2.16. The molecule has 146 valence electrons. The van der Waals surface area contributed by atoms with Crippen molar-refractivity contribution in [1.29, 1.82) is 0 Å². The summed E-state index contributed by atoms with van der Waals surface area (Å²) in [6.45, 7) is 0.839. The van der Waals surface area contributed by atoms with Gasteiger partial charge in [0.1, 0.15) is 15.8 Å². The third-order valence-electron chi connectivity index (χ3n) is 4.87. The Morgan fingerprint density at radius 3 is 2.57 bits per heavy atom. The molecule has 1 aliphatic heterocycles. The maximum absolute atomic E-state index is 13.1. The van der Waals surface area contributed by atoms with Crippen LogP contribution in [0.25, 0.3) is 0 Å². The van der Waals surface area contributed by atoms with Crippen LogP contribution in [0.2, 0.25) is 0 Å². The van der Waals surface area contributed by atoms with Gasteiger partial charge in [-0.05, 0) is 42.7 Å². The van der Waals surface area contributed by atoms with Gasteiger partial charge >= 0.3 is 0 Å². The fourth-order valence-corrected chi connectivity index (χ4v) is 5.92. The molecule has 0 aliphatic carbocycles. The van der Waals surface area contributed by atoms with E-state index in [1.165, 1.54) is 34.1 Å². The summed E-state index contributed by atoms with van der Waals surface area (Å²) in [5.41, 5.74) is 1.18. The second-order valence-corrected chi connectivity index (χ2v) is 9.88. The minimum Gasteiger partial charge on any atom is -0.207 e. The highest BCUT2D eigenvalue weighted by atomic mass is 32.2. The van der Waals surface area contributed by atoms with E-state index in [-0.39, 0.29) is 10.8 Å². The fourth-order valence-electron chi connectivity index (χ4n) is 3.39. The van der Waals surface area contributed by atoms with Crippen LogP contribution in [0, 0.1) is 5.82 Å². The molecule has 28 heavy (non-hydrogen) atoms. The first kappa shape index (κ1) is 19.2. The van der Waals surface area contributed by atoms with Crippen molar-refractivity contribution < 1.29 is 12.8 Å². The van der Waals surface area contributed by atoms with Gasteiger partial charge in [-0.15, -0.1) is 21.5 Å². The number of rotatable bonds is 5. The molecule has 0 spiro atoms. The molecule has 0 radical (unpaired) electrons. The molecule has 8 heteroatoms. The maximum Gasteiger partial charge on any atom is 0.243 e. The number of hydrogen-bond donors (Lipinski definition) is 0. The van der Waals surface area contributed by atoms with Gasteiger partial charge in [-0.2, -0.15) is 4.31 Å². The Labute approximate surface area is 167 Å². The Balaban J connectivity index is 1.49. The normalized spacial score (nSPS) is 18.2. The van der Waals surface area contributed by atoms with Gasteiger partial charge < -0.3 is 0 Å². The molecule has 5 nitrogen and oxygen atoms in total. The third kappa shape index (κ3) is 4.14. The molecule has 1 aromatic heterocycles. The number of hydrogen-bond acceptors (Lipinski definition) is 5.